The van der Waals surface area contributed by atoms with Crippen LogP contribution in [0.4, 0.5) is 0 Å². The van der Waals surface area contributed by atoms with E-state index in [1.165, 1.54) is 20.9 Å². The molecule has 0 radical (unpaired) electrons. The number of rotatable bonds is 3. The van der Waals surface area contributed by atoms with Crippen LogP contribution in [-0.2, 0) is 6.54 Å². The first kappa shape index (κ1) is 12.2. The Labute approximate surface area is 112 Å². The molecule has 1 aromatic rings. The third-order valence-electron chi connectivity index (χ3n) is 2.59. The van der Waals surface area contributed by atoms with Crippen molar-refractivity contribution in [3.05, 3.63) is 20.8 Å². The molecule has 1 fully saturated rings. The predicted molar refractivity (Wildman–Crippen MR) is 74.3 cm³/mol. The molecule has 1 unspecified atom stereocenters. The second kappa shape index (κ2) is 5.92. The number of thiophene rings is 1. The van der Waals surface area contributed by atoms with Gasteiger partial charge in [0.2, 0.25) is 0 Å². The number of thioether (sulfide) groups is 1. The Morgan fingerprint density at radius 2 is 2.47 bits per heavy atom. The maximum absolute atomic E-state index is 5.99. The number of halogens is 2. The maximum atomic E-state index is 5.99. The van der Waals surface area contributed by atoms with Crippen molar-refractivity contribution in [2.24, 2.45) is 0 Å². The van der Waals surface area contributed by atoms with Crippen LogP contribution in [-0.4, -0.2) is 34.9 Å². The van der Waals surface area contributed by atoms with E-state index in [0.717, 1.165) is 19.0 Å². The molecule has 0 saturated carbocycles. The monoisotopic (exact) mass is 325 g/mol. The third-order valence-corrected chi connectivity index (χ3v) is 5.85. The zero-order valence-corrected chi connectivity index (χ0v) is 12.3. The fourth-order valence-corrected chi connectivity index (χ4v) is 4.47. The van der Waals surface area contributed by atoms with Crippen molar-refractivity contribution in [1.82, 2.24) is 4.90 Å². The molecule has 0 bridgehead atoms. The Kier molecular flexibility index (Phi) is 4.83. The van der Waals surface area contributed by atoms with Gasteiger partial charge in [0, 0.05) is 36.5 Å². The van der Waals surface area contributed by atoms with Crippen molar-refractivity contribution in [3.63, 3.8) is 0 Å². The Morgan fingerprint density at radius 3 is 3.13 bits per heavy atom. The molecule has 1 saturated heterocycles. The van der Waals surface area contributed by atoms with E-state index in [1.807, 2.05) is 11.8 Å². The summed E-state index contributed by atoms with van der Waals surface area (Å²) in [4.78, 5) is 2.50. The molecule has 0 spiro atoms. The van der Waals surface area contributed by atoms with Gasteiger partial charge in [-0.1, -0.05) is 0 Å². The maximum Gasteiger partial charge on any atom is 0.0743 e. The topological polar surface area (TPSA) is 3.24 Å². The normalized spacial score (nSPS) is 23.2. The highest BCUT2D eigenvalue weighted by Crippen LogP contribution is 2.27. The lowest BCUT2D eigenvalue weighted by molar-refractivity contribution is 0.226. The third kappa shape index (κ3) is 3.13. The molecule has 2 heterocycles. The van der Waals surface area contributed by atoms with Crippen molar-refractivity contribution < 1.29 is 0 Å². The lowest BCUT2D eigenvalue weighted by atomic mass is 10.2. The van der Waals surface area contributed by atoms with Gasteiger partial charge in [-0.05, 0) is 32.9 Å². The van der Waals surface area contributed by atoms with Gasteiger partial charge in [0.1, 0.15) is 0 Å². The Morgan fingerprint density at radius 1 is 1.60 bits per heavy atom. The average Bonchev–Trinajstić information content (AvgIpc) is 2.65. The predicted octanol–water partition coefficient (Wildman–Crippen LogP) is 3.67. The van der Waals surface area contributed by atoms with E-state index in [-0.39, 0.29) is 0 Å². The summed E-state index contributed by atoms with van der Waals surface area (Å²) >= 11 is 13.3. The fraction of sp³-hybridized carbons (Fsp3) is 0.600. The molecule has 1 atom stereocenters. The van der Waals surface area contributed by atoms with Crippen LogP contribution in [0.5, 0.6) is 0 Å². The first-order valence-electron chi connectivity index (χ1n) is 4.91. The van der Waals surface area contributed by atoms with Gasteiger partial charge >= 0.3 is 0 Å². The molecular formula is C10H13BrClNS2. The summed E-state index contributed by atoms with van der Waals surface area (Å²) in [5, 5.41) is 2.13. The molecule has 84 valence electrons. The largest absolute Gasteiger partial charge is 0.293 e. The zero-order valence-electron chi connectivity index (χ0n) is 8.29. The Hall–Kier alpha value is 0.780. The fourth-order valence-electron chi connectivity index (χ4n) is 1.69. The lowest BCUT2D eigenvalue weighted by Gasteiger charge is -2.34. The molecule has 15 heavy (non-hydrogen) atoms. The Balaban J connectivity index is 2.00. The first-order chi connectivity index (χ1) is 7.31. The SMILES string of the molecule is ClCC1CSCCN1Cc1ccsc1Br. The van der Waals surface area contributed by atoms with E-state index in [2.05, 4.69) is 32.3 Å². The van der Waals surface area contributed by atoms with E-state index in [9.17, 15) is 0 Å². The minimum absolute atomic E-state index is 0.539. The van der Waals surface area contributed by atoms with Crippen LogP contribution in [0.3, 0.4) is 0 Å². The van der Waals surface area contributed by atoms with Gasteiger partial charge in [-0.3, -0.25) is 4.90 Å². The van der Waals surface area contributed by atoms with Gasteiger partial charge in [-0.2, -0.15) is 11.8 Å². The summed E-state index contributed by atoms with van der Waals surface area (Å²) in [6.07, 6.45) is 0. The van der Waals surface area contributed by atoms with E-state index >= 15 is 0 Å². The summed E-state index contributed by atoms with van der Waals surface area (Å²) in [5.74, 6) is 3.15. The zero-order chi connectivity index (χ0) is 10.7. The molecule has 2 rings (SSSR count). The van der Waals surface area contributed by atoms with Crippen LogP contribution in [0.2, 0.25) is 0 Å². The molecule has 0 N–H and O–H groups in total. The van der Waals surface area contributed by atoms with Crippen molar-refractivity contribution in [1.29, 1.82) is 0 Å². The minimum atomic E-state index is 0.539. The summed E-state index contributed by atoms with van der Waals surface area (Å²) in [6.45, 7) is 2.19. The minimum Gasteiger partial charge on any atom is -0.293 e. The average molecular weight is 327 g/mol. The molecule has 5 heteroatoms. The number of alkyl halides is 1. The molecule has 0 aliphatic carbocycles. The highest BCUT2D eigenvalue weighted by Gasteiger charge is 2.22. The summed E-state index contributed by atoms with van der Waals surface area (Å²) < 4.78 is 1.26. The van der Waals surface area contributed by atoms with Crippen LogP contribution in [0.15, 0.2) is 15.2 Å². The molecular weight excluding hydrogens is 314 g/mol. The van der Waals surface area contributed by atoms with E-state index < -0.39 is 0 Å². The molecule has 0 amide bonds. The van der Waals surface area contributed by atoms with Crippen LogP contribution in [0.1, 0.15) is 5.56 Å². The van der Waals surface area contributed by atoms with Gasteiger partial charge in [-0.25, -0.2) is 0 Å². The van der Waals surface area contributed by atoms with Crippen molar-refractivity contribution >= 4 is 50.6 Å². The molecule has 1 aliphatic heterocycles. The summed E-state index contributed by atoms with van der Waals surface area (Å²) in [5.41, 5.74) is 1.39. The van der Waals surface area contributed by atoms with Gasteiger partial charge in [-0.15, -0.1) is 22.9 Å². The molecule has 1 aliphatic rings. The van der Waals surface area contributed by atoms with Crippen molar-refractivity contribution in [2.75, 3.05) is 23.9 Å². The van der Waals surface area contributed by atoms with Gasteiger partial charge < -0.3 is 0 Å². The highest BCUT2D eigenvalue weighted by atomic mass is 79.9. The highest BCUT2D eigenvalue weighted by molar-refractivity contribution is 9.11. The number of hydrogen-bond acceptors (Lipinski definition) is 3. The number of nitrogens with zero attached hydrogens (tertiary/aromatic N) is 1. The van der Waals surface area contributed by atoms with Crippen LogP contribution in [0, 0.1) is 0 Å². The van der Waals surface area contributed by atoms with Crippen LogP contribution in [0.25, 0.3) is 0 Å². The summed E-state index contributed by atoms with van der Waals surface area (Å²) in [7, 11) is 0. The second-order valence-corrected chi connectivity index (χ2v) is 7.27. The van der Waals surface area contributed by atoms with Gasteiger partial charge in [0.05, 0.1) is 3.79 Å². The standard InChI is InChI=1S/C10H13BrClNS2/c11-10-8(1-3-15-10)6-13-2-4-14-7-9(13)5-12/h1,3,9H,2,4-7H2. The van der Waals surface area contributed by atoms with Crippen LogP contribution < -0.4 is 0 Å². The molecule has 0 aromatic carbocycles. The first-order valence-corrected chi connectivity index (χ1v) is 8.27. The summed E-state index contributed by atoms with van der Waals surface area (Å²) in [6, 6.07) is 2.74. The second-order valence-electron chi connectivity index (χ2n) is 3.57. The Bertz CT molecular complexity index is 318. The quantitative estimate of drug-likeness (QED) is 0.780. The lowest BCUT2D eigenvalue weighted by Crippen LogP contribution is -2.42. The molecule has 1 aromatic heterocycles. The smallest absolute Gasteiger partial charge is 0.0743 e. The van der Waals surface area contributed by atoms with E-state index in [4.69, 9.17) is 11.6 Å². The van der Waals surface area contributed by atoms with Crippen molar-refractivity contribution in [2.45, 2.75) is 12.6 Å². The van der Waals surface area contributed by atoms with Crippen molar-refractivity contribution in [3.8, 4) is 0 Å². The van der Waals surface area contributed by atoms with Gasteiger partial charge in [0.25, 0.3) is 0 Å². The number of hydrogen-bond donors (Lipinski definition) is 0. The van der Waals surface area contributed by atoms with Crippen LogP contribution >= 0.6 is 50.6 Å². The van der Waals surface area contributed by atoms with E-state index in [1.54, 1.807) is 11.3 Å². The van der Waals surface area contributed by atoms with E-state index in [0.29, 0.717) is 6.04 Å². The van der Waals surface area contributed by atoms with Gasteiger partial charge in [0.15, 0.2) is 0 Å². The molecule has 1 nitrogen and oxygen atoms in total.